The number of ether oxygens (including phenoxy) is 1. The number of primary amides is 1. The van der Waals surface area contributed by atoms with Crippen molar-refractivity contribution in [1.29, 1.82) is 0 Å². The van der Waals surface area contributed by atoms with Gasteiger partial charge in [0.2, 0.25) is 5.91 Å². The Morgan fingerprint density at radius 1 is 1.41 bits per heavy atom. The number of benzene rings is 1. The normalized spacial score (nSPS) is 21.4. The van der Waals surface area contributed by atoms with Crippen LogP contribution in [-0.4, -0.2) is 37.0 Å². The molecule has 22 heavy (non-hydrogen) atoms. The smallest absolute Gasteiger partial charge is 0.217 e. The number of nitrogens with zero attached hydrogens (tertiary/aromatic N) is 1. The SMILES string of the molecule is NC(=O)C[C@@H]1CCCN(CCCc2ccc3c(c2)CCO3)C1. The zero-order valence-corrected chi connectivity index (χ0v) is 13.2. The number of hydrogen-bond acceptors (Lipinski definition) is 3. The van der Waals surface area contributed by atoms with E-state index in [0.29, 0.717) is 12.3 Å². The summed E-state index contributed by atoms with van der Waals surface area (Å²) in [5.41, 5.74) is 8.09. The van der Waals surface area contributed by atoms with Crippen molar-refractivity contribution in [1.82, 2.24) is 4.90 Å². The summed E-state index contributed by atoms with van der Waals surface area (Å²) in [5, 5.41) is 0. The van der Waals surface area contributed by atoms with Gasteiger partial charge in [-0.05, 0) is 61.9 Å². The molecule has 0 radical (unpaired) electrons. The maximum atomic E-state index is 11.1. The van der Waals surface area contributed by atoms with Gasteiger partial charge in [0.15, 0.2) is 0 Å². The van der Waals surface area contributed by atoms with E-state index in [9.17, 15) is 4.79 Å². The quantitative estimate of drug-likeness (QED) is 0.876. The minimum Gasteiger partial charge on any atom is -0.493 e. The van der Waals surface area contributed by atoms with Gasteiger partial charge >= 0.3 is 0 Å². The molecule has 4 heteroatoms. The summed E-state index contributed by atoms with van der Waals surface area (Å²) in [4.78, 5) is 13.6. The third-order valence-electron chi connectivity index (χ3n) is 4.79. The number of likely N-dealkylation sites (tertiary alicyclic amines) is 1. The van der Waals surface area contributed by atoms with Gasteiger partial charge in [-0.25, -0.2) is 0 Å². The van der Waals surface area contributed by atoms with Crippen molar-refractivity contribution in [3.8, 4) is 5.75 Å². The third-order valence-corrected chi connectivity index (χ3v) is 4.79. The van der Waals surface area contributed by atoms with Gasteiger partial charge in [-0.2, -0.15) is 0 Å². The van der Waals surface area contributed by atoms with Crippen LogP contribution in [0.1, 0.15) is 36.8 Å². The number of aryl methyl sites for hydroxylation is 1. The van der Waals surface area contributed by atoms with Gasteiger partial charge in [0.25, 0.3) is 0 Å². The molecule has 120 valence electrons. The van der Waals surface area contributed by atoms with Crippen LogP contribution in [0, 0.1) is 5.92 Å². The Balaban J connectivity index is 1.43. The van der Waals surface area contributed by atoms with E-state index in [1.54, 1.807) is 0 Å². The molecule has 1 fully saturated rings. The average Bonchev–Trinajstić information content (AvgIpc) is 2.94. The topological polar surface area (TPSA) is 55.6 Å². The Morgan fingerprint density at radius 2 is 2.32 bits per heavy atom. The molecule has 1 aromatic rings. The lowest BCUT2D eigenvalue weighted by atomic mass is 9.94. The van der Waals surface area contributed by atoms with Gasteiger partial charge in [0, 0.05) is 19.4 Å². The number of rotatable bonds is 6. The maximum absolute atomic E-state index is 11.1. The summed E-state index contributed by atoms with van der Waals surface area (Å²) >= 11 is 0. The summed E-state index contributed by atoms with van der Waals surface area (Å²) in [6, 6.07) is 6.60. The number of nitrogens with two attached hydrogens (primary N) is 1. The molecule has 2 aliphatic heterocycles. The van der Waals surface area contributed by atoms with Gasteiger partial charge in [0.1, 0.15) is 5.75 Å². The second-order valence-electron chi connectivity index (χ2n) is 6.62. The van der Waals surface area contributed by atoms with Gasteiger partial charge in [0.05, 0.1) is 6.61 Å². The molecular formula is C18H26N2O2. The van der Waals surface area contributed by atoms with Gasteiger partial charge in [-0.1, -0.05) is 12.1 Å². The van der Waals surface area contributed by atoms with Crippen LogP contribution >= 0.6 is 0 Å². The van der Waals surface area contributed by atoms with Crippen LogP contribution in [0.3, 0.4) is 0 Å². The van der Waals surface area contributed by atoms with Crippen molar-refractivity contribution < 1.29 is 9.53 Å². The molecule has 2 N–H and O–H groups in total. The lowest BCUT2D eigenvalue weighted by Gasteiger charge is -2.32. The Kier molecular flexibility index (Phi) is 4.98. The fourth-order valence-electron chi connectivity index (χ4n) is 3.71. The van der Waals surface area contributed by atoms with E-state index < -0.39 is 0 Å². The summed E-state index contributed by atoms with van der Waals surface area (Å²) < 4.78 is 5.55. The van der Waals surface area contributed by atoms with Crippen LogP contribution in [0.2, 0.25) is 0 Å². The van der Waals surface area contributed by atoms with E-state index in [0.717, 1.165) is 51.3 Å². The highest BCUT2D eigenvalue weighted by Crippen LogP contribution is 2.26. The van der Waals surface area contributed by atoms with Crippen molar-refractivity contribution >= 4 is 5.91 Å². The first-order valence-electron chi connectivity index (χ1n) is 8.46. The highest BCUT2D eigenvalue weighted by molar-refractivity contribution is 5.74. The number of hydrogen-bond donors (Lipinski definition) is 1. The highest BCUT2D eigenvalue weighted by atomic mass is 16.5. The van der Waals surface area contributed by atoms with E-state index in [1.807, 2.05) is 0 Å². The Hall–Kier alpha value is -1.55. The molecule has 0 spiro atoms. The minimum atomic E-state index is -0.160. The summed E-state index contributed by atoms with van der Waals surface area (Å²) in [5.74, 6) is 1.37. The van der Waals surface area contributed by atoms with Gasteiger partial charge in [-0.15, -0.1) is 0 Å². The van der Waals surface area contributed by atoms with Crippen molar-refractivity contribution in [3.05, 3.63) is 29.3 Å². The predicted molar refractivity (Wildman–Crippen MR) is 86.9 cm³/mol. The first-order valence-corrected chi connectivity index (χ1v) is 8.46. The van der Waals surface area contributed by atoms with E-state index in [1.165, 1.54) is 24.0 Å². The second-order valence-corrected chi connectivity index (χ2v) is 6.62. The third kappa shape index (κ3) is 4.01. The molecule has 4 nitrogen and oxygen atoms in total. The van der Waals surface area contributed by atoms with Crippen molar-refractivity contribution in [2.45, 2.75) is 38.5 Å². The zero-order valence-electron chi connectivity index (χ0n) is 13.2. The molecule has 1 aromatic carbocycles. The average molecular weight is 302 g/mol. The van der Waals surface area contributed by atoms with Crippen molar-refractivity contribution in [2.24, 2.45) is 11.7 Å². The van der Waals surface area contributed by atoms with Crippen LogP contribution in [0.15, 0.2) is 18.2 Å². The van der Waals surface area contributed by atoms with Crippen LogP contribution in [0.5, 0.6) is 5.75 Å². The molecule has 0 saturated carbocycles. The molecule has 1 saturated heterocycles. The summed E-state index contributed by atoms with van der Waals surface area (Å²) in [6.45, 7) is 4.13. The van der Waals surface area contributed by atoms with Crippen LogP contribution < -0.4 is 10.5 Å². The molecule has 1 amide bonds. The molecule has 0 aliphatic carbocycles. The molecule has 3 rings (SSSR count). The number of carbonyl (C=O) groups is 1. The Bertz CT molecular complexity index is 530. The molecule has 0 bridgehead atoms. The molecule has 0 unspecified atom stereocenters. The second kappa shape index (κ2) is 7.14. The van der Waals surface area contributed by atoms with Gasteiger partial charge in [-0.3, -0.25) is 4.79 Å². The molecule has 1 atom stereocenters. The lowest BCUT2D eigenvalue weighted by molar-refractivity contribution is -0.119. The Labute approximate surface area is 132 Å². The molecule has 2 heterocycles. The zero-order chi connectivity index (χ0) is 15.4. The highest BCUT2D eigenvalue weighted by Gasteiger charge is 2.21. The molecule has 0 aromatic heterocycles. The fourth-order valence-corrected chi connectivity index (χ4v) is 3.71. The van der Waals surface area contributed by atoms with Crippen LogP contribution in [-0.2, 0) is 17.6 Å². The fraction of sp³-hybridized carbons (Fsp3) is 0.611. The molecule has 2 aliphatic rings. The van der Waals surface area contributed by atoms with E-state index in [4.69, 9.17) is 10.5 Å². The first-order chi connectivity index (χ1) is 10.7. The van der Waals surface area contributed by atoms with Crippen molar-refractivity contribution in [3.63, 3.8) is 0 Å². The Morgan fingerprint density at radius 3 is 3.18 bits per heavy atom. The van der Waals surface area contributed by atoms with E-state index >= 15 is 0 Å². The number of carbonyl (C=O) groups excluding carboxylic acids is 1. The minimum absolute atomic E-state index is 0.160. The number of amides is 1. The number of piperidine rings is 1. The predicted octanol–water partition coefficient (Wildman–Crippen LogP) is 2.14. The monoisotopic (exact) mass is 302 g/mol. The summed E-state index contributed by atoms with van der Waals surface area (Å²) in [7, 11) is 0. The van der Waals surface area contributed by atoms with E-state index in [-0.39, 0.29) is 5.91 Å². The maximum Gasteiger partial charge on any atom is 0.217 e. The van der Waals surface area contributed by atoms with E-state index in [2.05, 4.69) is 23.1 Å². The largest absolute Gasteiger partial charge is 0.493 e. The summed E-state index contributed by atoms with van der Waals surface area (Å²) in [6.07, 6.45) is 6.21. The number of fused-ring (bicyclic) bond motifs is 1. The van der Waals surface area contributed by atoms with Crippen LogP contribution in [0.25, 0.3) is 0 Å². The first kappa shape index (κ1) is 15.3. The standard InChI is InChI=1S/C18H26N2O2/c19-18(21)12-15-4-2-9-20(13-15)8-1-3-14-5-6-17-16(11-14)7-10-22-17/h5-6,11,15H,1-4,7-10,12-13H2,(H2,19,21)/t15-/m0/s1. The van der Waals surface area contributed by atoms with Crippen molar-refractivity contribution in [2.75, 3.05) is 26.2 Å². The van der Waals surface area contributed by atoms with Crippen LogP contribution in [0.4, 0.5) is 0 Å². The molecular weight excluding hydrogens is 276 g/mol. The lowest BCUT2D eigenvalue weighted by Crippen LogP contribution is -2.37. The van der Waals surface area contributed by atoms with Gasteiger partial charge < -0.3 is 15.4 Å².